The number of pyridine rings is 1. The molecule has 0 fully saturated rings. The van der Waals surface area contributed by atoms with Crippen molar-refractivity contribution in [1.29, 1.82) is 0 Å². The number of hydrogen-bond donors (Lipinski definition) is 1. The zero-order valence-corrected chi connectivity index (χ0v) is 18.9. The number of amides is 1. The van der Waals surface area contributed by atoms with Gasteiger partial charge in [-0.05, 0) is 41.3 Å². The van der Waals surface area contributed by atoms with E-state index in [4.69, 9.17) is 4.98 Å². The number of carbonyl (C=O) groups excluding carboxylic acids is 1. The fourth-order valence-corrected chi connectivity index (χ4v) is 5.51. The van der Waals surface area contributed by atoms with Crippen LogP contribution in [0.4, 0.5) is 9.52 Å². The number of hydrogen-bond acceptors (Lipinski definition) is 7. The highest BCUT2D eigenvalue weighted by Crippen LogP contribution is 2.31. The molecule has 0 atom stereocenters. The first-order valence-electron chi connectivity index (χ1n) is 9.61. The fourth-order valence-electron chi connectivity index (χ4n) is 3.12. The Hall–Kier alpha value is -3.14. The molecule has 32 heavy (non-hydrogen) atoms. The molecule has 5 rings (SSSR count). The first kappa shape index (κ1) is 20.7. The molecule has 2 aromatic carbocycles. The summed E-state index contributed by atoms with van der Waals surface area (Å²) in [4.78, 5) is 18.8. The molecule has 0 saturated carbocycles. The lowest BCUT2D eigenvalue weighted by atomic mass is 10.1. The van der Waals surface area contributed by atoms with Crippen molar-refractivity contribution in [3.63, 3.8) is 0 Å². The fraction of sp³-hybridized carbons (Fsp3) is 0.0435. The number of carbonyl (C=O) groups is 1. The number of benzene rings is 2. The molecular weight excluding hydrogens is 463 g/mol. The van der Waals surface area contributed by atoms with Gasteiger partial charge in [0.15, 0.2) is 4.34 Å². The van der Waals surface area contributed by atoms with Crippen molar-refractivity contribution < 1.29 is 9.18 Å². The van der Waals surface area contributed by atoms with Crippen molar-refractivity contribution in [3.8, 4) is 10.6 Å². The maximum absolute atomic E-state index is 13.1. The largest absolute Gasteiger partial charge is 0.296 e. The highest BCUT2D eigenvalue weighted by molar-refractivity contribution is 8.00. The minimum atomic E-state index is -0.259. The van der Waals surface area contributed by atoms with Crippen LogP contribution in [0, 0.1) is 5.82 Å². The maximum atomic E-state index is 13.1. The monoisotopic (exact) mass is 478 g/mol. The zero-order chi connectivity index (χ0) is 21.9. The second kappa shape index (κ2) is 9.15. The van der Waals surface area contributed by atoms with E-state index in [1.165, 1.54) is 35.2 Å². The molecule has 0 bridgehead atoms. The molecule has 3 aromatic heterocycles. The smallest absolute Gasteiger partial charge is 0.258 e. The van der Waals surface area contributed by atoms with Crippen molar-refractivity contribution in [1.82, 2.24) is 15.2 Å². The van der Waals surface area contributed by atoms with Gasteiger partial charge in [0, 0.05) is 11.1 Å². The lowest BCUT2D eigenvalue weighted by molar-refractivity contribution is 0.102. The summed E-state index contributed by atoms with van der Waals surface area (Å²) in [7, 11) is 0. The van der Waals surface area contributed by atoms with Gasteiger partial charge in [-0.15, -0.1) is 21.5 Å². The molecule has 1 N–H and O–H groups in total. The van der Waals surface area contributed by atoms with Crippen LogP contribution in [0.2, 0.25) is 0 Å². The molecule has 0 aliphatic rings. The summed E-state index contributed by atoms with van der Waals surface area (Å²) in [6, 6.07) is 19.7. The van der Waals surface area contributed by atoms with Crippen LogP contribution >= 0.6 is 34.4 Å². The van der Waals surface area contributed by atoms with Crippen LogP contribution in [-0.4, -0.2) is 21.1 Å². The average molecular weight is 479 g/mol. The summed E-state index contributed by atoms with van der Waals surface area (Å²) in [5.74, 6) is 0.125. The summed E-state index contributed by atoms with van der Waals surface area (Å²) in [6.45, 7) is 0. The first-order valence-corrected chi connectivity index (χ1v) is 12.3. The number of halogens is 1. The Morgan fingerprint density at radius 3 is 2.69 bits per heavy atom. The van der Waals surface area contributed by atoms with Gasteiger partial charge in [-0.2, -0.15) is 0 Å². The molecule has 0 spiro atoms. The lowest BCUT2D eigenvalue weighted by Gasteiger charge is -2.08. The van der Waals surface area contributed by atoms with E-state index >= 15 is 0 Å². The Balaban J connectivity index is 1.35. The van der Waals surface area contributed by atoms with Crippen molar-refractivity contribution in [2.24, 2.45) is 0 Å². The highest BCUT2D eigenvalue weighted by Gasteiger charge is 2.16. The molecule has 0 radical (unpaired) electrons. The number of thiophene rings is 1. The summed E-state index contributed by atoms with van der Waals surface area (Å²) in [5.41, 5.74) is 3.05. The van der Waals surface area contributed by atoms with E-state index in [0.29, 0.717) is 16.4 Å². The Kier molecular flexibility index (Phi) is 5.93. The van der Waals surface area contributed by atoms with E-state index < -0.39 is 0 Å². The van der Waals surface area contributed by atoms with Crippen LogP contribution in [0.3, 0.4) is 0 Å². The molecule has 3 heterocycles. The van der Waals surface area contributed by atoms with Gasteiger partial charge in [-0.1, -0.05) is 59.5 Å². The first-order chi connectivity index (χ1) is 15.7. The molecule has 5 aromatic rings. The van der Waals surface area contributed by atoms with Crippen LogP contribution < -0.4 is 5.32 Å². The number of thioether (sulfide) groups is 1. The molecular formula is C23H15FN4OS3. The van der Waals surface area contributed by atoms with Gasteiger partial charge < -0.3 is 0 Å². The molecule has 1 amide bonds. The average Bonchev–Trinajstić information content (AvgIpc) is 3.50. The van der Waals surface area contributed by atoms with E-state index in [2.05, 4.69) is 15.5 Å². The SMILES string of the molecule is O=C(Nc1nnc(SCc2ccc(F)cc2)s1)c1cc(-c2cccs2)nc2ccccc12. The maximum Gasteiger partial charge on any atom is 0.258 e. The quantitative estimate of drug-likeness (QED) is 0.223. The molecule has 0 saturated heterocycles. The van der Waals surface area contributed by atoms with E-state index in [9.17, 15) is 9.18 Å². The minimum Gasteiger partial charge on any atom is -0.296 e. The predicted molar refractivity (Wildman–Crippen MR) is 129 cm³/mol. The van der Waals surface area contributed by atoms with E-state index in [0.717, 1.165) is 31.4 Å². The van der Waals surface area contributed by atoms with Crippen LogP contribution in [0.1, 0.15) is 15.9 Å². The lowest BCUT2D eigenvalue weighted by Crippen LogP contribution is -2.13. The van der Waals surface area contributed by atoms with Crippen molar-refractivity contribution in [2.45, 2.75) is 10.1 Å². The van der Waals surface area contributed by atoms with Gasteiger partial charge >= 0.3 is 0 Å². The van der Waals surface area contributed by atoms with E-state index in [-0.39, 0.29) is 11.7 Å². The number of nitrogens with one attached hydrogen (secondary N) is 1. The van der Waals surface area contributed by atoms with Crippen LogP contribution in [0.25, 0.3) is 21.5 Å². The Labute approximate surface area is 195 Å². The normalized spacial score (nSPS) is 11.0. The number of aromatic nitrogens is 3. The van der Waals surface area contributed by atoms with Crippen molar-refractivity contribution in [2.75, 3.05) is 5.32 Å². The standard InChI is InChI=1S/C23H15FN4OS3/c24-15-9-7-14(8-10-15)13-31-23-28-27-22(32-23)26-21(29)17-12-19(20-6-3-11-30-20)25-18-5-2-1-4-16(17)18/h1-12H,13H2,(H,26,27,29). The number of anilines is 1. The Morgan fingerprint density at radius 1 is 1.03 bits per heavy atom. The molecule has 9 heteroatoms. The summed E-state index contributed by atoms with van der Waals surface area (Å²) < 4.78 is 13.8. The molecule has 5 nitrogen and oxygen atoms in total. The van der Waals surface area contributed by atoms with Gasteiger partial charge in [0.25, 0.3) is 5.91 Å². The van der Waals surface area contributed by atoms with Crippen molar-refractivity contribution >= 4 is 56.4 Å². The van der Waals surface area contributed by atoms with Gasteiger partial charge in [0.2, 0.25) is 5.13 Å². The summed E-state index contributed by atoms with van der Waals surface area (Å²) >= 11 is 4.37. The molecule has 0 aliphatic heterocycles. The van der Waals surface area contributed by atoms with E-state index in [1.807, 2.05) is 47.8 Å². The van der Waals surface area contributed by atoms with Crippen LogP contribution in [0.5, 0.6) is 0 Å². The number of para-hydroxylation sites is 1. The van der Waals surface area contributed by atoms with Gasteiger partial charge in [0.05, 0.1) is 21.7 Å². The summed E-state index contributed by atoms with van der Waals surface area (Å²) in [6.07, 6.45) is 0. The number of nitrogens with zero attached hydrogens (tertiary/aromatic N) is 3. The highest BCUT2D eigenvalue weighted by atomic mass is 32.2. The topological polar surface area (TPSA) is 67.8 Å². The summed E-state index contributed by atoms with van der Waals surface area (Å²) in [5, 5.41) is 14.3. The van der Waals surface area contributed by atoms with Gasteiger partial charge in [-0.25, -0.2) is 9.37 Å². The van der Waals surface area contributed by atoms with Crippen LogP contribution in [0.15, 0.2) is 76.4 Å². The molecule has 0 unspecified atom stereocenters. The Bertz CT molecular complexity index is 1380. The second-order valence-corrected chi connectivity index (χ2v) is 9.94. The van der Waals surface area contributed by atoms with E-state index in [1.54, 1.807) is 23.5 Å². The molecule has 158 valence electrons. The third-order valence-corrected chi connectivity index (χ3v) is 7.57. The van der Waals surface area contributed by atoms with Crippen LogP contribution in [-0.2, 0) is 5.75 Å². The van der Waals surface area contributed by atoms with Crippen molar-refractivity contribution in [3.05, 3.63) is 89.1 Å². The van der Waals surface area contributed by atoms with Gasteiger partial charge in [0.1, 0.15) is 5.82 Å². The number of rotatable bonds is 6. The second-order valence-electron chi connectivity index (χ2n) is 6.79. The Morgan fingerprint density at radius 2 is 1.88 bits per heavy atom. The third-order valence-electron chi connectivity index (χ3n) is 4.64. The molecule has 0 aliphatic carbocycles. The number of fused-ring (bicyclic) bond motifs is 1. The third kappa shape index (κ3) is 4.55. The van der Waals surface area contributed by atoms with Gasteiger partial charge in [-0.3, -0.25) is 10.1 Å². The predicted octanol–water partition coefficient (Wildman–Crippen LogP) is 6.50. The zero-order valence-electron chi connectivity index (χ0n) is 16.5. The minimum absolute atomic E-state index is 0.257.